The molecule has 0 atom stereocenters. The first-order chi connectivity index (χ1) is 8.01. The maximum absolute atomic E-state index is 11.2. The van der Waals surface area contributed by atoms with Gasteiger partial charge in [-0.05, 0) is 19.8 Å². The van der Waals surface area contributed by atoms with E-state index in [1.54, 1.807) is 18.4 Å². The SMILES string of the molecule is CC(C)(C(=O)O)n1cnnc1CC1CCCC1. The monoisotopic (exact) mass is 237 g/mol. The fourth-order valence-electron chi connectivity index (χ4n) is 2.44. The van der Waals surface area contributed by atoms with Crippen LogP contribution in [0.1, 0.15) is 45.4 Å². The van der Waals surface area contributed by atoms with Crippen molar-refractivity contribution < 1.29 is 9.90 Å². The molecule has 17 heavy (non-hydrogen) atoms. The topological polar surface area (TPSA) is 68.0 Å². The Labute approximate surface area is 101 Å². The van der Waals surface area contributed by atoms with Crippen molar-refractivity contribution in [1.82, 2.24) is 14.8 Å². The fraction of sp³-hybridized carbons (Fsp3) is 0.750. The van der Waals surface area contributed by atoms with E-state index in [4.69, 9.17) is 0 Å². The summed E-state index contributed by atoms with van der Waals surface area (Å²) in [4.78, 5) is 11.2. The molecule has 0 aliphatic heterocycles. The van der Waals surface area contributed by atoms with Gasteiger partial charge in [0.05, 0.1) is 0 Å². The Balaban J connectivity index is 2.19. The number of aromatic nitrogens is 3. The van der Waals surface area contributed by atoms with Crippen molar-refractivity contribution in [2.75, 3.05) is 0 Å². The van der Waals surface area contributed by atoms with Gasteiger partial charge in [0.1, 0.15) is 17.7 Å². The van der Waals surface area contributed by atoms with Crippen LogP contribution in [0.5, 0.6) is 0 Å². The van der Waals surface area contributed by atoms with Crippen molar-refractivity contribution >= 4 is 5.97 Å². The van der Waals surface area contributed by atoms with Gasteiger partial charge in [-0.3, -0.25) is 0 Å². The van der Waals surface area contributed by atoms with E-state index in [1.807, 2.05) is 0 Å². The van der Waals surface area contributed by atoms with Crippen molar-refractivity contribution in [1.29, 1.82) is 0 Å². The third-order valence-electron chi connectivity index (χ3n) is 3.69. The Kier molecular flexibility index (Phi) is 3.17. The minimum absolute atomic E-state index is 0.641. The highest BCUT2D eigenvalue weighted by atomic mass is 16.4. The number of nitrogens with zero attached hydrogens (tertiary/aromatic N) is 3. The maximum atomic E-state index is 11.2. The van der Waals surface area contributed by atoms with Crippen molar-refractivity contribution in [3.63, 3.8) is 0 Å². The number of hydrogen-bond acceptors (Lipinski definition) is 3. The highest BCUT2D eigenvalue weighted by molar-refractivity contribution is 5.75. The lowest BCUT2D eigenvalue weighted by molar-refractivity contribution is -0.145. The quantitative estimate of drug-likeness (QED) is 0.867. The molecule has 1 N–H and O–H groups in total. The minimum atomic E-state index is -0.975. The number of aliphatic carboxylic acids is 1. The van der Waals surface area contributed by atoms with Crippen LogP contribution in [0.15, 0.2) is 6.33 Å². The molecule has 1 fully saturated rings. The summed E-state index contributed by atoms with van der Waals surface area (Å²) in [5, 5.41) is 17.2. The second-order valence-electron chi connectivity index (χ2n) is 5.34. The number of carboxylic acids is 1. The van der Waals surface area contributed by atoms with Crippen LogP contribution in [0, 0.1) is 5.92 Å². The second kappa shape index (κ2) is 4.47. The van der Waals surface area contributed by atoms with Gasteiger partial charge < -0.3 is 9.67 Å². The molecule has 0 aromatic carbocycles. The highest BCUT2D eigenvalue weighted by Gasteiger charge is 2.32. The lowest BCUT2D eigenvalue weighted by Crippen LogP contribution is -2.36. The Morgan fingerprint density at radius 2 is 2.18 bits per heavy atom. The van der Waals surface area contributed by atoms with Crippen LogP contribution in [0.4, 0.5) is 0 Å². The lowest BCUT2D eigenvalue weighted by atomic mass is 10.0. The molecule has 94 valence electrons. The van der Waals surface area contributed by atoms with E-state index in [0.717, 1.165) is 12.2 Å². The standard InChI is InChI=1S/C12H19N3O2/c1-12(2,11(16)17)15-8-13-14-10(15)7-9-5-3-4-6-9/h8-9H,3-7H2,1-2H3,(H,16,17). The molecular formula is C12H19N3O2. The van der Waals surface area contributed by atoms with Crippen molar-refractivity contribution in [3.05, 3.63) is 12.2 Å². The molecule has 0 bridgehead atoms. The van der Waals surface area contributed by atoms with E-state index in [2.05, 4.69) is 10.2 Å². The van der Waals surface area contributed by atoms with Crippen LogP contribution in [0.25, 0.3) is 0 Å². The van der Waals surface area contributed by atoms with Gasteiger partial charge in [0, 0.05) is 6.42 Å². The van der Waals surface area contributed by atoms with E-state index in [0.29, 0.717) is 5.92 Å². The van der Waals surface area contributed by atoms with Crippen LogP contribution in [0.3, 0.4) is 0 Å². The van der Waals surface area contributed by atoms with Gasteiger partial charge >= 0.3 is 5.97 Å². The zero-order valence-corrected chi connectivity index (χ0v) is 10.4. The third-order valence-corrected chi connectivity index (χ3v) is 3.69. The molecule has 1 saturated carbocycles. The molecule has 1 aliphatic rings. The summed E-state index contributed by atoms with van der Waals surface area (Å²) in [7, 11) is 0. The molecule has 1 aliphatic carbocycles. The molecule has 5 heteroatoms. The summed E-state index contributed by atoms with van der Waals surface area (Å²) in [6, 6.07) is 0. The summed E-state index contributed by atoms with van der Waals surface area (Å²) in [6.07, 6.45) is 7.37. The van der Waals surface area contributed by atoms with Gasteiger partial charge in [0.2, 0.25) is 0 Å². The average Bonchev–Trinajstić information content (AvgIpc) is 2.89. The first-order valence-electron chi connectivity index (χ1n) is 6.14. The molecule has 1 heterocycles. The Hall–Kier alpha value is -1.39. The van der Waals surface area contributed by atoms with Crippen LogP contribution in [-0.4, -0.2) is 25.8 Å². The molecule has 0 radical (unpaired) electrons. The average molecular weight is 237 g/mol. The molecule has 0 amide bonds. The van der Waals surface area contributed by atoms with E-state index >= 15 is 0 Å². The predicted molar refractivity (Wildman–Crippen MR) is 62.6 cm³/mol. The normalized spacial score (nSPS) is 17.5. The van der Waals surface area contributed by atoms with Crippen LogP contribution < -0.4 is 0 Å². The fourth-order valence-corrected chi connectivity index (χ4v) is 2.44. The van der Waals surface area contributed by atoms with E-state index in [9.17, 15) is 9.90 Å². The molecule has 0 unspecified atom stereocenters. The van der Waals surface area contributed by atoms with Gasteiger partial charge in [-0.2, -0.15) is 0 Å². The number of hydrogen-bond donors (Lipinski definition) is 1. The van der Waals surface area contributed by atoms with E-state index in [-0.39, 0.29) is 0 Å². The lowest BCUT2D eigenvalue weighted by Gasteiger charge is -2.23. The molecule has 5 nitrogen and oxygen atoms in total. The molecule has 2 rings (SSSR count). The summed E-state index contributed by atoms with van der Waals surface area (Å²) in [5.74, 6) is 0.580. The number of carbonyl (C=O) groups is 1. The zero-order chi connectivity index (χ0) is 12.5. The van der Waals surface area contributed by atoms with Gasteiger partial charge in [0.15, 0.2) is 0 Å². The molecular weight excluding hydrogens is 218 g/mol. The predicted octanol–water partition coefficient (Wildman–Crippen LogP) is 1.83. The summed E-state index contributed by atoms with van der Waals surface area (Å²) >= 11 is 0. The van der Waals surface area contributed by atoms with Crippen LogP contribution >= 0.6 is 0 Å². The van der Waals surface area contributed by atoms with Gasteiger partial charge in [-0.25, -0.2) is 4.79 Å². The number of carboxylic acid groups (broad SMARTS) is 1. The summed E-state index contributed by atoms with van der Waals surface area (Å²) in [5.41, 5.74) is -0.975. The number of rotatable bonds is 4. The van der Waals surface area contributed by atoms with Crippen molar-refractivity contribution in [3.8, 4) is 0 Å². The Morgan fingerprint density at radius 3 is 2.76 bits per heavy atom. The minimum Gasteiger partial charge on any atom is -0.480 e. The first-order valence-corrected chi connectivity index (χ1v) is 6.14. The second-order valence-corrected chi connectivity index (χ2v) is 5.34. The van der Waals surface area contributed by atoms with Crippen molar-refractivity contribution in [2.45, 2.75) is 51.5 Å². The van der Waals surface area contributed by atoms with Crippen molar-refractivity contribution in [2.24, 2.45) is 5.92 Å². The largest absolute Gasteiger partial charge is 0.480 e. The van der Waals surface area contributed by atoms with E-state index < -0.39 is 11.5 Å². The van der Waals surface area contributed by atoms with Gasteiger partial charge in [-0.1, -0.05) is 25.7 Å². The van der Waals surface area contributed by atoms with Crippen LogP contribution in [0.2, 0.25) is 0 Å². The molecule has 1 aromatic heterocycles. The van der Waals surface area contributed by atoms with E-state index in [1.165, 1.54) is 32.0 Å². The van der Waals surface area contributed by atoms with Gasteiger partial charge in [-0.15, -0.1) is 10.2 Å². The Bertz CT molecular complexity index is 406. The highest BCUT2D eigenvalue weighted by Crippen LogP contribution is 2.28. The molecule has 0 saturated heterocycles. The summed E-state index contributed by atoms with van der Waals surface area (Å²) in [6.45, 7) is 3.35. The van der Waals surface area contributed by atoms with Crippen LogP contribution in [-0.2, 0) is 16.8 Å². The Morgan fingerprint density at radius 1 is 1.53 bits per heavy atom. The summed E-state index contributed by atoms with van der Waals surface area (Å²) < 4.78 is 1.69. The smallest absolute Gasteiger partial charge is 0.329 e. The zero-order valence-electron chi connectivity index (χ0n) is 10.4. The maximum Gasteiger partial charge on any atom is 0.329 e. The molecule has 1 aromatic rings. The third kappa shape index (κ3) is 2.33. The van der Waals surface area contributed by atoms with Gasteiger partial charge in [0.25, 0.3) is 0 Å². The molecule has 0 spiro atoms. The first kappa shape index (κ1) is 12.1.